The van der Waals surface area contributed by atoms with Crippen molar-refractivity contribution in [1.29, 1.82) is 0 Å². The van der Waals surface area contributed by atoms with Crippen molar-refractivity contribution in [3.8, 4) is 0 Å². The summed E-state index contributed by atoms with van der Waals surface area (Å²) in [4.78, 5) is 15.1. The van der Waals surface area contributed by atoms with Crippen LogP contribution in [0.2, 0.25) is 0 Å². The lowest BCUT2D eigenvalue weighted by molar-refractivity contribution is -0.161. The van der Waals surface area contributed by atoms with Crippen LogP contribution in [0.4, 0.5) is 4.79 Å². The third-order valence-electron chi connectivity index (χ3n) is 4.38. The Morgan fingerprint density at radius 1 is 1.25 bits per heavy atom. The maximum absolute atomic E-state index is 12.1. The highest BCUT2D eigenvalue weighted by Crippen LogP contribution is 2.46. The molecular formula is C16H28N4O4. The van der Waals surface area contributed by atoms with Gasteiger partial charge in [0.05, 0.1) is 12.1 Å². The molecule has 2 aliphatic rings. The quantitative estimate of drug-likeness (QED) is 0.482. The van der Waals surface area contributed by atoms with Crippen molar-refractivity contribution >= 4 is 6.09 Å². The molecule has 1 N–H and O–H groups in total. The average molecular weight is 340 g/mol. The molecule has 0 aromatic carbocycles. The SMILES string of the molecule is CC(C)(C)OC(=O)NC1C[C@H](C(C)(C)N=[N+]=[N-])[C@H]2OC(C)(C)O[C@@H]12. The smallest absolute Gasteiger partial charge is 0.407 e. The standard InChI is InChI=1S/C16H28N4O4/c1-14(2,3)24-13(21)18-10-8-9(15(4,5)19-20-17)11-12(10)23-16(6,7)22-11/h9-12H,8H2,1-7H3,(H,18,21)/t9-,10?,11+,12-/m0/s1. The van der Waals surface area contributed by atoms with Gasteiger partial charge in [-0.3, -0.25) is 0 Å². The van der Waals surface area contributed by atoms with Crippen LogP contribution in [0.5, 0.6) is 0 Å². The number of hydrogen-bond donors (Lipinski definition) is 1. The number of alkyl carbamates (subject to hydrolysis) is 1. The Kier molecular flexibility index (Phi) is 4.78. The zero-order valence-electron chi connectivity index (χ0n) is 15.5. The van der Waals surface area contributed by atoms with E-state index in [0.29, 0.717) is 6.42 Å². The molecule has 0 radical (unpaired) electrons. The van der Waals surface area contributed by atoms with Crippen LogP contribution in [0.15, 0.2) is 5.11 Å². The minimum atomic E-state index is -0.742. The number of nitrogens with one attached hydrogen (secondary N) is 1. The van der Waals surface area contributed by atoms with Crippen LogP contribution in [0, 0.1) is 5.92 Å². The average Bonchev–Trinajstić information content (AvgIpc) is 2.81. The van der Waals surface area contributed by atoms with Crippen molar-refractivity contribution < 1.29 is 19.0 Å². The van der Waals surface area contributed by atoms with Gasteiger partial charge in [-0.15, -0.1) is 0 Å². The highest BCUT2D eigenvalue weighted by Gasteiger charge is 2.57. The van der Waals surface area contributed by atoms with Crippen molar-refractivity contribution in [3.05, 3.63) is 10.4 Å². The Balaban J connectivity index is 2.18. The van der Waals surface area contributed by atoms with Crippen LogP contribution in [0.3, 0.4) is 0 Å². The van der Waals surface area contributed by atoms with E-state index in [9.17, 15) is 4.79 Å². The van der Waals surface area contributed by atoms with Gasteiger partial charge < -0.3 is 19.5 Å². The van der Waals surface area contributed by atoms with E-state index in [1.54, 1.807) is 0 Å². The Bertz CT molecular complexity index is 549. The van der Waals surface area contributed by atoms with E-state index >= 15 is 0 Å². The van der Waals surface area contributed by atoms with Crippen LogP contribution in [-0.4, -0.2) is 41.3 Å². The zero-order valence-corrected chi connectivity index (χ0v) is 15.5. The predicted molar refractivity (Wildman–Crippen MR) is 88.3 cm³/mol. The van der Waals surface area contributed by atoms with Gasteiger partial charge in [0.25, 0.3) is 0 Å². The number of fused-ring (bicyclic) bond motifs is 1. The van der Waals surface area contributed by atoms with Gasteiger partial charge >= 0.3 is 6.09 Å². The van der Waals surface area contributed by atoms with Crippen LogP contribution >= 0.6 is 0 Å². The Morgan fingerprint density at radius 2 is 1.83 bits per heavy atom. The number of amides is 1. The van der Waals surface area contributed by atoms with E-state index in [1.807, 2.05) is 48.5 Å². The molecule has 0 bridgehead atoms. The third-order valence-corrected chi connectivity index (χ3v) is 4.38. The van der Waals surface area contributed by atoms with Crippen molar-refractivity contribution in [2.75, 3.05) is 0 Å². The summed E-state index contributed by atoms with van der Waals surface area (Å²) in [5.74, 6) is -0.811. The van der Waals surface area contributed by atoms with Gasteiger partial charge in [-0.25, -0.2) is 4.79 Å². The molecule has 1 aliphatic heterocycles. The second-order valence-electron chi connectivity index (χ2n) is 8.50. The molecule has 24 heavy (non-hydrogen) atoms. The second kappa shape index (κ2) is 6.10. The largest absolute Gasteiger partial charge is 0.444 e. The minimum Gasteiger partial charge on any atom is -0.444 e. The summed E-state index contributed by atoms with van der Waals surface area (Å²) in [5.41, 5.74) is 7.62. The maximum Gasteiger partial charge on any atom is 0.407 e. The topological polar surface area (TPSA) is 106 Å². The first kappa shape index (κ1) is 18.8. The van der Waals surface area contributed by atoms with Crippen LogP contribution in [0.1, 0.15) is 54.9 Å². The second-order valence-corrected chi connectivity index (χ2v) is 8.50. The van der Waals surface area contributed by atoms with E-state index in [0.717, 1.165) is 0 Å². The molecule has 1 amide bonds. The van der Waals surface area contributed by atoms with Gasteiger partial charge in [0.2, 0.25) is 0 Å². The summed E-state index contributed by atoms with van der Waals surface area (Å²) in [6, 6.07) is -0.259. The van der Waals surface area contributed by atoms with Gasteiger partial charge in [0, 0.05) is 16.4 Å². The number of nitrogens with zero attached hydrogens (tertiary/aromatic N) is 3. The fourth-order valence-electron chi connectivity index (χ4n) is 3.46. The number of carbonyl (C=O) groups is 1. The molecule has 0 aromatic rings. The molecule has 1 aliphatic carbocycles. The minimum absolute atomic E-state index is 0.0693. The van der Waals surface area contributed by atoms with Crippen molar-refractivity contribution in [3.63, 3.8) is 0 Å². The van der Waals surface area contributed by atoms with Crippen LogP contribution in [0.25, 0.3) is 10.4 Å². The van der Waals surface area contributed by atoms with Gasteiger partial charge in [-0.05, 0) is 46.6 Å². The normalized spacial score (nSPS) is 32.0. The highest BCUT2D eigenvalue weighted by atomic mass is 16.8. The number of carbonyl (C=O) groups excluding carboxylic acids is 1. The summed E-state index contributed by atoms with van der Waals surface area (Å²) in [7, 11) is 0. The molecule has 1 heterocycles. The molecular weight excluding hydrogens is 312 g/mol. The summed E-state index contributed by atoms with van der Waals surface area (Å²) in [6.07, 6.45) is -0.440. The van der Waals surface area contributed by atoms with E-state index < -0.39 is 23.0 Å². The van der Waals surface area contributed by atoms with E-state index in [2.05, 4.69) is 15.3 Å². The molecule has 0 spiro atoms. The van der Waals surface area contributed by atoms with Gasteiger partial charge in [0.15, 0.2) is 5.79 Å². The van der Waals surface area contributed by atoms with Crippen molar-refractivity contribution in [2.45, 2.75) is 90.1 Å². The lowest BCUT2D eigenvalue weighted by atomic mass is 9.85. The molecule has 8 heteroatoms. The number of ether oxygens (including phenoxy) is 3. The molecule has 1 saturated heterocycles. The van der Waals surface area contributed by atoms with E-state index in [4.69, 9.17) is 19.7 Å². The summed E-state index contributed by atoms with van der Waals surface area (Å²) in [5, 5.41) is 6.81. The van der Waals surface area contributed by atoms with Crippen LogP contribution in [-0.2, 0) is 14.2 Å². The van der Waals surface area contributed by atoms with Crippen molar-refractivity contribution in [1.82, 2.24) is 5.32 Å². The monoisotopic (exact) mass is 340 g/mol. The predicted octanol–water partition coefficient (Wildman–Crippen LogP) is 3.51. The van der Waals surface area contributed by atoms with Crippen molar-refractivity contribution in [2.24, 2.45) is 11.0 Å². The maximum atomic E-state index is 12.1. The van der Waals surface area contributed by atoms with Gasteiger partial charge in [0.1, 0.15) is 11.7 Å². The highest BCUT2D eigenvalue weighted by molar-refractivity contribution is 5.68. The molecule has 136 valence electrons. The number of rotatable bonds is 3. The Labute approximate surface area is 142 Å². The molecule has 2 fully saturated rings. The Hall–Kier alpha value is -1.50. The summed E-state index contributed by atoms with van der Waals surface area (Å²) < 4.78 is 17.4. The first-order chi connectivity index (χ1) is 10.8. The number of hydrogen-bond acceptors (Lipinski definition) is 5. The van der Waals surface area contributed by atoms with Gasteiger partial charge in [-0.2, -0.15) is 0 Å². The lowest BCUT2D eigenvalue weighted by Crippen LogP contribution is -2.45. The molecule has 0 aromatic heterocycles. The fourth-order valence-corrected chi connectivity index (χ4v) is 3.46. The third kappa shape index (κ3) is 4.12. The lowest BCUT2D eigenvalue weighted by Gasteiger charge is -2.31. The summed E-state index contributed by atoms with van der Waals surface area (Å²) >= 11 is 0. The molecule has 4 atom stereocenters. The molecule has 8 nitrogen and oxygen atoms in total. The Morgan fingerprint density at radius 3 is 2.38 bits per heavy atom. The first-order valence-electron chi connectivity index (χ1n) is 8.26. The first-order valence-corrected chi connectivity index (χ1v) is 8.26. The fraction of sp³-hybridized carbons (Fsp3) is 0.938. The zero-order chi connectivity index (χ0) is 18.3. The van der Waals surface area contributed by atoms with E-state index in [1.165, 1.54) is 0 Å². The molecule has 1 unspecified atom stereocenters. The van der Waals surface area contributed by atoms with E-state index in [-0.39, 0.29) is 24.2 Å². The van der Waals surface area contributed by atoms with Gasteiger partial charge in [-0.1, -0.05) is 19.0 Å². The number of azide groups is 1. The molecule has 2 rings (SSSR count). The molecule has 1 saturated carbocycles. The van der Waals surface area contributed by atoms with Crippen LogP contribution < -0.4 is 5.32 Å². The summed E-state index contributed by atoms with van der Waals surface area (Å²) in [6.45, 7) is 12.9.